The van der Waals surface area contributed by atoms with Gasteiger partial charge >= 0.3 is 12.0 Å². The Morgan fingerprint density at radius 1 is 1.14 bits per heavy atom. The summed E-state index contributed by atoms with van der Waals surface area (Å²) in [5.74, 6) is -3.61. The van der Waals surface area contributed by atoms with E-state index in [0.717, 1.165) is 19.3 Å². The van der Waals surface area contributed by atoms with E-state index in [-0.39, 0.29) is 43.4 Å². The Morgan fingerprint density at radius 3 is 2.65 bits per heavy atom. The van der Waals surface area contributed by atoms with E-state index in [1.807, 2.05) is 12.2 Å². The Bertz CT molecular complexity index is 1760. The zero-order valence-corrected chi connectivity index (χ0v) is 28.9. The predicted octanol–water partition coefficient (Wildman–Crippen LogP) is 4.76. The Balaban J connectivity index is 1.28. The number of hydrogen-bond acceptors (Lipinski definition) is 10. The Morgan fingerprint density at radius 2 is 1.92 bits per heavy atom. The molecule has 266 valence electrons. The van der Waals surface area contributed by atoms with Crippen molar-refractivity contribution in [3.8, 4) is 6.08 Å². The molecule has 49 heavy (non-hydrogen) atoms. The fourth-order valence-corrected chi connectivity index (χ4v) is 8.36. The number of carbonyl (C=O) groups excluding carboxylic acids is 4. The largest absolute Gasteiger partial charge is 0.460 e. The molecule has 2 saturated carbocycles. The second-order valence-corrected chi connectivity index (χ2v) is 16.9. The number of oxazole rings is 1. The van der Waals surface area contributed by atoms with E-state index in [1.165, 1.54) is 23.1 Å². The molecule has 14 heteroatoms. The third-order valence-corrected chi connectivity index (χ3v) is 11.6. The minimum absolute atomic E-state index is 0.0221. The van der Waals surface area contributed by atoms with Gasteiger partial charge in [-0.25, -0.2) is 12.8 Å². The van der Waals surface area contributed by atoms with E-state index >= 15 is 0 Å². The van der Waals surface area contributed by atoms with Gasteiger partial charge in [0.25, 0.3) is 0 Å². The van der Waals surface area contributed by atoms with Gasteiger partial charge < -0.3 is 18.8 Å². The first-order chi connectivity index (χ1) is 23.1. The Hall–Kier alpha value is -3.81. The van der Waals surface area contributed by atoms with Crippen LogP contribution in [0.4, 0.5) is 4.39 Å². The number of allylic oxidation sites excluding steroid dienone is 2. The third kappa shape index (κ3) is 8.16. The van der Waals surface area contributed by atoms with Crippen molar-refractivity contribution in [1.29, 1.82) is 0 Å². The number of sulfonamides is 1. The van der Waals surface area contributed by atoms with Crippen molar-refractivity contribution >= 4 is 44.7 Å². The molecule has 0 radical (unpaired) electrons. The van der Waals surface area contributed by atoms with Crippen LogP contribution in [-0.4, -0.2) is 71.4 Å². The van der Waals surface area contributed by atoms with Gasteiger partial charge in [0, 0.05) is 24.8 Å². The number of amides is 2. The van der Waals surface area contributed by atoms with E-state index in [2.05, 4.69) is 9.71 Å². The summed E-state index contributed by atoms with van der Waals surface area (Å²) in [6.45, 7) is 5.23. The zero-order chi connectivity index (χ0) is 35.1. The number of nitrogens with zero attached hydrogens (tertiary/aromatic N) is 2. The van der Waals surface area contributed by atoms with E-state index in [1.54, 1.807) is 20.8 Å². The molecule has 1 N–H and O–H groups in total. The Kier molecular flexibility index (Phi) is 9.64. The summed E-state index contributed by atoms with van der Waals surface area (Å²) in [4.78, 5) is 60.9. The molecule has 0 bridgehead atoms. The van der Waals surface area contributed by atoms with Crippen LogP contribution in [0.2, 0.25) is 0 Å². The minimum atomic E-state index is -3.85. The second-order valence-electron chi connectivity index (χ2n) is 14.9. The monoisotopic (exact) mass is 701 g/mol. The highest BCUT2D eigenvalue weighted by Gasteiger charge is 2.61. The van der Waals surface area contributed by atoms with Crippen LogP contribution in [0.25, 0.3) is 11.1 Å². The molecule has 5 atom stereocenters. The first kappa shape index (κ1) is 35.0. The Labute approximate surface area is 285 Å². The molecule has 2 aliphatic carbocycles. The highest BCUT2D eigenvalue weighted by atomic mass is 32.2. The van der Waals surface area contributed by atoms with E-state index in [4.69, 9.17) is 13.9 Å². The maximum absolute atomic E-state index is 14.3. The molecule has 1 saturated heterocycles. The van der Waals surface area contributed by atoms with Gasteiger partial charge in [0.15, 0.2) is 11.4 Å². The fourth-order valence-electron chi connectivity index (χ4n) is 6.98. The summed E-state index contributed by atoms with van der Waals surface area (Å²) in [6.07, 6.45) is 7.31. The molecule has 0 unspecified atom stereocenters. The molecule has 4 aliphatic rings. The molecule has 0 spiro atoms. The highest BCUT2D eigenvalue weighted by Crippen LogP contribution is 2.57. The maximum atomic E-state index is 14.3. The summed E-state index contributed by atoms with van der Waals surface area (Å²) in [5.41, 5.74) is -1.46. The van der Waals surface area contributed by atoms with Crippen molar-refractivity contribution < 1.29 is 45.9 Å². The summed E-state index contributed by atoms with van der Waals surface area (Å²) in [5, 5.41) is -0.607. The molecule has 6 rings (SSSR count). The lowest BCUT2D eigenvalue weighted by molar-refractivity contribution is -0.159. The van der Waals surface area contributed by atoms with Crippen molar-refractivity contribution in [3.63, 3.8) is 0 Å². The molecule has 1 aromatic heterocycles. The summed E-state index contributed by atoms with van der Waals surface area (Å²) >= 11 is 0. The van der Waals surface area contributed by atoms with Crippen molar-refractivity contribution in [2.45, 2.75) is 114 Å². The molecule has 1 aromatic carbocycles. The molecule has 3 fully saturated rings. The van der Waals surface area contributed by atoms with E-state index in [0.29, 0.717) is 37.6 Å². The van der Waals surface area contributed by atoms with Crippen LogP contribution in [0.5, 0.6) is 6.08 Å². The normalized spacial score (nSPS) is 28.9. The molecular formula is C35H44FN3O9S. The van der Waals surface area contributed by atoms with Crippen LogP contribution in [-0.2, 0) is 33.9 Å². The quantitative estimate of drug-likeness (QED) is 0.315. The highest BCUT2D eigenvalue weighted by molar-refractivity contribution is 7.90. The molecule has 3 heterocycles. The minimum Gasteiger partial charge on any atom is -0.460 e. The number of nitrogens with one attached hydrogen (secondary N) is 1. The maximum Gasteiger partial charge on any atom is 0.394 e. The fraction of sp³-hybridized carbons (Fsp3) is 0.629. The predicted molar refractivity (Wildman–Crippen MR) is 175 cm³/mol. The number of ether oxygens (including phenoxy) is 2. The van der Waals surface area contributed by atoms with Crippen molar-refractivity contribution in [2.24, 2.45) is 17.3 Å². The number of hydrogen-bond donors (Lipinski definition) is 1. The van der Waals surface area contributed by atoms with Crippen molar-refractivity contribution in [1.82, 2.24) is 14.6 Å². The first-order valence-corrected chi connectivity index (χ1v) is 18.7. The lowest BCUT2D eigenvalue weighted by atomic mass is 9.90. The number of fused-ring (bicyclic) bond motifs is 3. The number of carbonyl (C=O) groups is 4. The summed E-state index contributed by atoms with van der Waals surface area (Å²) in [7, 11) is -3.85. The zero-order valence-electron chi connectivity index (χ0n) is 28.1. The van der Waals surface area contributed by atoms with Gasteiger partial charge in [-0.2, -0.15) is 4.98 Å². The number of aromatic nitrogens is 1. The van der Waals surface area contributed by atoms with E-state index in [9.17, 15) is 32.0 Å². The van der Waals surface area contributed by atoms with Gasteiger partial charge in [-0.15, -0.1) is 0 Å². The second kappa shape index (κ2) is 13.5. The van der Waals surface area contributed by atoms with Crippen molar-refractivity contribution in [2.75, 3.05) is 6.54 Å². The summed E-state index contributed by atoms with van der Waals surface area (Å²) in [6, 6.07) is 2.85. The van der Waals surface area contributed by atoms with Gasteiger partial charge in [0.2, 0.25) is 21.8 Å². The van der Waals surface area contributed by atoms with Crippen LogP contribution >= 0.6 is 0 Å². The standard InChI is InChI=1S/C35H44FN3O9S/c1-34(2,3)48-30(41)15-21-9-7-5-4-6-8-10-22-18-35(22,32(43)38-49(44,45)25-12-13-25)19-28(40)27-17-24(20-39(27)31(21)42)46-33-37-26-14-11-23(36)16-29(26)47-33/h8,10-11,14,16,21-22,24-25,27H,4-7,9,12-13,15,17-20H2,1-3H3,(H,38,43)/b10-8-/t21-,22+,24-,27+,35-/m1/s1. The smallest absolute Gasteiger partial charge is 0.394 e. The van der Waals surface area contributed by atoms with Crippen LogP contribution in [0.15, 0.2) is 34.8 Å². The number of ketones is 1. The average molecular weight is 702 g/mol. The molecular weight excluding hydrogens is 657 g/mol. The molecule has 2 amide bonds. The van der Waals surface area contributed by atoms with Crippen LogP contribution in [0.3, 0.4) is 0 Å². The number of rotatable bonds is 7. The number of Topliss-reactive ketones (excluding diaryl/α,β-unsaturated/α-hetero) is 1. The summed E-state index contributed by atoms with van der Waals surface area (Å²) < 4.78 is 58.7. The van der Waals surface area contributed by atoms with Crippen LogP contribution < -0.4 is 9.46 Å². The van der Waals surface area contributed by atoms with Gasteiger partial charge in [0.1, 0.15) is 23.0 Å². The lowest BCUT2D eigenvalue weighted by Crippen LogP contribution is -2.46. The van der Waals surface area contributed by atoms with Crippen LogP contribution in [0.1, 0.15) is 91.4 Å². The van der Waals surface area contributed by atoms with Gasteiger partial charge in [-0.1, -0.05) is 25.0 Å². The molecule has 12 nitrogen and oxygen atoms in total. The molecule has 2 aromatic rings. The van der Waals surface area contributed by atoms with Crippen molar-refractivity contribution in [3.05, 3.63) is 36.2 Å². The van der Waals surface area contributed by atoms with Gasteiger partial charge in [-0.3, -0.25) is 23.9 Å². The van der Waals surface area contributed by atoms with Gasteiger partial charge in [-0.05, 0) is 77.3 Å². The van der Waals surface area contributed by atoms with Gasteiger partial charge in [0.05, 0.1) is 29.7 Å². The third-order valence-electron chi connectivity index (χ3n) is 9.76. The number of halogens is 1. The number of benzene rings is 1. The number of esters is 1. The first-order valence-electron chi connectivity index (χ1n) is 17.1. The van der Waals surface area contributed by atoms with E-state index < -0.39 is 73.7 Å². The average Bonchev–Trinajstić information content (AvgIpc) is 3.90. The topological polar surface area (TPSA) is 162 Å². The lowest BCUT2D eigenvalue weighted by Gasteiger charge is -2.29. The SMILES string of the molecule is CC(C)(C)OC(=O)C[C@H]1CCCCC/C=C\[C@H]2C[C@@]2(C(=O)NS(=O)(=O)C2CC2)CC(=O)[C@@H]2C[C@@H](Oc3nc4ccc(F)cc4o3)CN2C1=O. The molecule has 2 aliphatic heterocycles. The van der Waals surface area contributed by atoms with Crippen LogP contribution in [0, 0.1) is 23.1 Å².